The van der Waals surface area contributed by atoms with Gasteiger partial charge in [0.2, 0.25) is 10.0 Å². The van der Waals surface area contributed by atoms with Gasteiger partial charge in [-0.25, -0.2) is 13.1 Å². The van der Waals surface area contributed by atoms with Crippen LogP contribution in [0.3, 0.4) is 0 Å². The molecule has 1 N–H and O–H groups in total. The first-order chi connectivity index (χ1) is 11.4. The summed E-state index contributed by atoms with van der Waals surface area (Å²) in [5, 5.41) is 0. The number of benzene rings is 1. The number of nitrogens with one attached hydrogen (secondary N) is 1. The highest BCUT2D eigenvalue weighted by Gasteiger charge is 2.17. The van der Waals surface area contributed by atoms with Gasteiger partial charge in [0.05, 0.1) is 31.1 Å². The van der Waals surface area contributed by atoms with Gasteiger partial charge in [0.25, 0.3) is 0 Å². The van der Waals surface area contributed by atoms with Crippen molar-refractivity contribution in [1.29, 1.82) is 0 Å². The topological polar surface area (TPSA) is 90.9 Å². The molecule has 24 heavy (non-hydrogen) atoms. The second kappa shape index (κ2) is 10.1. The Hall–Kier alpha value is -1.80. The summed E-state index contributed by atoms with van der Waals surface area (Å²) in [4.78, 5) is 11.4. The molecule has 0 atom stereocenters. The van der Waals surface area contributed by atoms with Crippen LogP contribution in [0.5, 0.6) is 11.5 Å². The lowest BCUT2D eigenvalue weighted by Crippen LogP contribution is -2.27. The second-order valence-corrected chi connectivity index (χ2v) is 6.61. The second-order valence-electron chi connectivity index (χ2n) is 4.84. The summed E-state index contributed by atoms with van der Waals surface area (Å²) in [6.45, 7) is 6.67. The summed E-state index contributed by atoms with van der Waals surface area (Å²) in [6, 6.07) is 4.40. The standard InChI is InChI=1S/C16H25NO6S/c1-4-11-23-16(18)9-10-17-24(19,20)13-7-8-14(21-5-2)15(12-13)22-6-3/h7-8,12,17H,4-6,9-11H2,1-3H3. The van der Waals surface area contributed by atoms with E-state index in [1.807, 2.05) is 13.8 Å². The summed E-state index contributed by atoms with van der Waals surface area (Å²) >= 11 is 0. The molecule has 0 spiro atoms. The van der Waals surface area contributed by atoms with Gasteiger partial charge in [-0.15, -0.1) is 0 Å². The van der Waals surface area contributed by atoms with Crippen LogP contribution in [0.4, 0.5) is 0 Å². The van der Waals surface area contributed by atoms with E-state index in [1.165, 1.54) is 12.1 Å². The molecule has 0 amide bonds. The minimum atomic E-state index is -3.74. The Morgan fingerprint density at radius 2 is 1.75 bits per heavy atom. The molecule has 1 rings (SSSR count). The van der Waals surface area contributed by atoms with Crippen molar-refractivity contribution in [1.82, 2.24) is 4.72 Å². The molecular weight excluding hydrogens is 334 g/mol. The molecule has 1 aromatic rings. The molecule has 0 bridgehead atoms. The minimum absolute atomic E-state index is 0.0193. The van der Waals surface area contributed by atoms with Gasteiger partial charge in [0.15, 0.2) is 11.5 Å². The molecule has 136 valence electrons. The lowest BCUT2D eigenvalue weighted by atomic mass is 10.3. The normalized spacial score (nSPS) is 11.1. The summed E-state index contributed by atoms with van der Waals surface area (Å²) < 4.78 is 42.7. The molecule has 0 aliphatic rings. The zero-order valence-corrected chi connectivity index (χ0v) is 15.1. The van der Waals surface area contributed by atoms with Gasteiger partial charge in [-0.2, -0.15) is 0 Å². The van der Waals surface area contributed by atoms with E-state index < -0.39 is 16.0 Å². The van der Waals surface area contributed by atoms with Crippen molar-refractivity contribution in [3.8, 4) is 11.5 Å². The van der Waals surface area contributed by atoms with Crippen molar-refractivity contribution in [3.05, 3.63) is 18.2 Å². The predicted molar refractivity (Wildman–Crippen MR) is 89.8 cm³/mol. The number of esters is 1. The molecule has 0 fully saturated rings. The summed E-state index contributed by atoms with van der Waals surface area (Å²) in [5.41, 5.74) is 0. The Morgan fingerprint density at radius 1 is 1.08 bits per heavy atom. The highest BCUT2D eigenvalue weighted by Crippen LogP contribution is 2.30. The molecule has 8 heteroatoms. The van der Waals surface area contributed by atoms with Gasteiger partial charge in [0.1, 0.15) is 0 Å². The fourth-order valence-corrected chi connectivity index (χ4v) is 2.90. The molecule has 0 saturated heterocycles. The summed E-state index contributed by atoms with van der Waals surface area (Å²) in [6.07, 6.45) is 0.707. The summed E-state index contributed by atoms with van der Waals surface area (Å²) in [5.74, 6) is 0.423. The molecule has 7 nitrogen and oxygen atoms in total. The van der Waals surface area contributed by atoms with Crippen molar-refractivity contribution in [3.63, 3.8) is 0 Å². The fraction of sp³-hybridized carbons (Fsp3) is 0.562. The maximum absolute atomic E-state index is 12.3. The first-order valence-electron chi connectivity index (χ1n) is 7.99. The Morgan fingerprint density at radius 3 is 2.38 bits per heavy atom. The van der Waals surface area contributed by atoms with Crippen LogP contribution >= 0.6 is 0 Å². The lowest BCUT2D eigenvalue weighted by Gasteiger charge is -2.13. The van der Waals surface area contributed by atoms with E-state index in [0.717, 1.165) is 6.42 Å². The average molecular weight is 359 g/mol. The predicted octanol–water partition coefficient (Wildman–Crippen LogP) is 2.11. The van der Waals surface area contributed by atoms with Crippen molar-refractivity contribution in [2.24, 2.45) is 0 Å². The fourth-order valence-electron chi connectivity index (χ4n) is 1.86. The van der Waals surface area contributed by atoms with E-state index in [9.17, 15) is 13.2 Å². The lowest BCUT2D eigenvalue weighted by molar-refractivity contribution is -0.143. The molecule has 0 aromatic heterocycles. The Balaban J connectivity index is 2.75. The third-order valence-corrected chi connectivity index (χ3v) is 4.37. The third-order valence-electron chi connectivity index (χ3n) is 2.91. The molecular formula is C16H25NO6S. The number of carbonyl (C=O) groups is 1. The van der Waals surface area contributed by atoms with Gasteiger partial charge in [-0.05, 0) is 32.4 Å². The van der Waals surface area contributed by atoms with Crippen LogP contribution in [0.1, 0.15) is 33.6 Å². The van der Waals surface area contributed by atoms with Crippen LogP contribution in [0.25, 0.3) is 0 Å². The van der Waals surface area contributed by atoms with Crippen LogP contribution in [-0.2, 0) is 19.6 Å². The quantitative estimate of drug-likeness (QED) is 0.609. The van der Waals surface area contributed by atoms with Gasteiger partial charge in [-0.1, -0.05) is 6.92 Å². The van der Waals surface area contributed by atoms with E-state index in [1.54, 1.807) is 13.0 Å². The zero-order valence-electron chi connectivity index (χ0n) is 14.3. The van der Waals surface area contributed by atoms with Gasteiger partial charge in [-0.3, -0.25) is 4.79 Å². The zero-order chi connectivity index (χ0) is 18.0. The maximum atomic E-state index is 12.3. The van der Waals surface area contributed by atoms with E-state index in [2.05, 4.69) is 4.72 Å². The third kappa shape index (κ3) is 6.37. The number of ether oxygens (including phenoxy) is 3. The van der Waals surface area contributed by atoms with Gasteiger partial charge in [0, 0.05) is 12.6 Å². The van der Waals surface area contributed by atoms with E-state index in [-0.39, 0.29) is 17.9 Å². The van der Waals surface area contributed by atoms with Crippen LogP contribution in [0.15, 0.2) is 23.1 Å². The van der Waals surface area contributed by atoms with Crippen LogP contribution in [-0.4, -0.2) is 40.8 Å². The maximum Gasteiger partial charge on any atom is 0.307 e. The molecule has 0 aliphatic carbocycles. The number of sulfonamides is 1. The van der Waals surface area contributed by atoms with E-state index in [4.69, 9.17) is 14.2 Å². The number of carbonyl (C=O) groups excluding carboxylic acids is 1. The molecule has 0 radical (unpaired) electrons. The van der Waals surface area contributed by atoms with Crippen molar-refractivity contribution >= 4 is 16.0 Å². The van der Waals surface area contributed by atoms with Crippen molar-refractivity contribution < 1.29 is 27.4 Å². The Bertz CT molecular complexity index is 629. The molecule has 0 saturated carbocycles. The molecule has 0 unspecified atom stereocenters. The van der Waals surface area contributed by atoms with Crippen LogP contribution in [0.2, 0.25) is 0 Å². The molecule has 1 aromatic carbocycles. The van der Waals surface area contributed by atoms with E-state index >= 15 is 0 Å². The SMILES string of the molecule is CCCOC(=O)CCNS(=O)(=O)c1ccc(OCC)c(OCC)c1. The molecule has 0 heterocycles. The first-order valence-corrected chi connectivity index (χ1v) is 9.47. The minimum Gasteiger partial charge on any atom is -0.490 e. The first kappa shape index (κ1) is 20.2. The summed E-state index contributed by atoms with van der Waals surface area (Å²) in [7, 11) is -3.74. The largest absolute Gasteiger partial charge is 0.490 e. The Labute approximate surface area is 143 Å². The van der Waals surface area contributed by atoms with Crippen LogP contribution in [0, 0.1) is 0 Å². The van der Waals surface area contributed by atoms with E-state index in [0.29, 0.717) is 31.3 Å². The highest BCUT2D eigenvalue weighted by atomic mass is 32.2. The van der Waals surface area contributed by atoms with Crippen LogP contribution < -0.4 is 14.2 Å². The number of hydrogen-bond acceptors (Lipinski definition) is 6. The Kier molecular flexibility index (Phi) is 8.56. The monoisotopic (exact) mass is 359 g/mol. The van der Waals surface area contributed by atoms with Gasteiger partial charge >= 0.3 is 5.97 Å². The molecule has 0 aliphatic heterocycles. The number of rotatable bonds is 11. The number of hydrogen-bond donors (Lipinski definition) is 1. The highest BCUT2D eigenvalue weighted by molar-refractivity contribution is 7.89. The van der Waals surface area contributed by atoms with Gasteiger partial charge < -0.3 is 14.2 Å². The van der Waals surface area contributed by atoms with Crippen molar-refractivity contribution in [2.75, 3.05) is 26.4 Å². The van der Waals surface area contributed by atoms with Crippen molar-refractivity contribution in [2.45, 2.75) is 38.5 Å². The smallest absolute Gasteiger partial charge is 0.307 e. The average Bonchev–Trinajstić information content (AvgIpc) is 2.54.